The number of methoxy groups -OCH3 is 1. The van der Waals surface area contributed by atoms with E-state index in [4.69, 9.17) is 4.74 Å². The van der Waals surface area contributed by atoms with Crippen molar-refractivity contribution in [3.63, 3.8) is 0 Å². The minimum absolute atomic E-state index is 0.0575. The van der Waals surface area contributed by atoms with Crippen LogP contribution >= 0.6 is 0 Å². The number of sulfonamides is 1. The third kappa shape index (κ3) is 3.38. The molecule has 2 heterocycles. The first-order valence-corrected chi connectivity index (χ1v) is 9.30. The third-order valence-corrected chi connectivity index (χ3v) is 5.41. The number of rotatable bonds is 5. The molecule has 0 aliphatic rings. The van der Waals surface area contributed by atoms with Crippen molar-refractivity contribution in [1.82, 2.24) is 19.5 Å². The van der Waals surface area contributed by atoms with E-state index in [0.717, 1.165) is 17.0 Å². The Labute approximate surface area is 152 Å². The van der Waals surface area contributed by atoms with E-state index in [9.17, 15) is 8.42 Å². The minimum atomic E-state index is -3.88. The molecule has 0 amide bonds. The first kappa shape index (κ1) is 17.9. The smallest absolute Gasteiger partial charge is 0.266 e. The molecule has 1 aromatic carbocycles. The van der Waals surface area contributed by atoms with Gasteiger partial charge in [-0.3, -0.25) is 9.29 Å². The van der Waals surface area contributed by atoms with E-state index >= 15 is 0 Å². The maximum Gasteiger partial charge on any atom is 0.266 e. The lowest BCUT2D eigenvalue weighted by Gasteiger charge is -2.14. The van der Waals surface area contributed by atoms with Crippen LogP contribution in [-0.2, 0) is 10.0 Å². The summed E-state index contributed by atoms with van der Waals surface area (Å²) in [6.07, 6.45) is 4.67. The topological polar surface area (TPSA) is 99.0 Å². The van der Waals surface area contributed by atoms with Gasteiger partial charge in [-0.25, -0.2) is 23.4 Å². The quantitative estimate of drug-likeness (QED) is 0.737. The molecule has 26 heavy (non-hydrogen) atoms. The Morgan fingerprint density at radius 3 is 2.42 bits per heavy atom. The molecular formula is C17H19N5O3S. The fourth-order valence-corrected chi connectivity index (χ4v) is 3.72. The number of aromatic nitrogens is 4. The summed E-state index contributed by atoms with van der Waals surface area (Å²) in [5.41, 5.74) is 1.80. The second-order valence-electron chi connectivity index (χ2n) is 5.80. The van der Waals surface area contributed by atoms with Gasteiger partial charge < -0.3 is 4.74 Å². The fourth-order valence-electron chi connectivity index (χ4n) is 2.48. The highest BCUT2D eigenvalue weighted by Crippen LogP contribution is 2.28. The van der Waals surface area contributed by atoms with Crippen molar-refractivity contribution in [2.75, 3.05) is 11.8 Å². The molecule has 0 unspecified atom stereocenters. The number of anilines is 1. The molecule has 0 aliphatic heterocycles. The monoisotopic (exact) mass is 373 g/mol. The van der Waals surface area contributed by atoms with Crippen molar-refractivity contribution in [3.8, 4) is 11.6 Å². The molecule has 0 bridgehead atoms. The van der Waals surface area contributed by atoms with Crippen molar-refractivity contribution in [1.29, 1.82) is 0 Å². The number of nitrogens with one attached hydrogen (secondary N) is 1. The molecule has 2 aromatic heterocycles. The first-order valence-electron chi connectivity index (χ1n) is 7.82. The second-order valence-corrected chi connectivity index (χ2v) is 7.45. The standard InChI is InChI=1S/C17H19N5O3S/c1-11-7-14(25-4)15(8-12(11)2)26(23,24)21-16-9-17(20-10-19-16)22-6-5-18-13(22)3/h5-10H,1-4H3,(H,19,20,21). The van der Waals surface area contributed by atoms with Crippen molar-refractivity contribution in [3.05, 3.63) is 53.9 Å². The third-order valence-electron chi connectivity index (χ3n) is 4.03. The zero-order chi connectivity index (χ0) is 18.9. The summed E-state index contributed by atoms with van der Waals surface area (Å²) in [6, 6.07) is 4.82. The first-order chi connectivity index (χ1) is 12.3. The fraction of sp³-hybridized carbons (Fsp3) is 0.235. The summed E-state index contributed by atoms with van der Waals surface area (Å²) in [6.45, 7) is 5.57. The van der Waals surface area contributed by atoms with Crippen LogP contribution in [0, 0.1) is 20.8 Å². The van der Waals surface area contributed by atoms with Gasteiger partial charge >= 0.3 is 0 Å². The van der Waals surface area contributed by atoms with E-state index in [1.807, 2.05) is 20.8 Å². The number of imidazole rings is 1. The summed E-state index contributed by atoms with van der Waals surface area (Å²) in [5, 5.41) is 0. The molecule has 0 spiro atoms. The summed E-state index contributed by atoms with van der Waals surface area (Å²) in [4.78, 5) is 12.4. The van der Waals surface area contributed by atoms with Crippen LogP contribution in [0.15, 0.2) is 41.8 Å². The molecule has 0 aliphatic carbocycles. The van der Waals surface area contributed by atoms with Crippen LogP contribution in [0.4, 0.5) is 5.82 Å². The van der Waals surface area contributed by atoms with Crippen LogP contribution in [0.1, 0.15) is 17.0 Å². The lowest BCUT2D eigenvalue weighted by Crippen LogP contribution is -2.16. The van der Waals surface area contributed by atoms with Crippen molar-refractivity contribution in [2.45, 2.75) is 25.7 Å². The lowest BCUT2D eigenvalue weighted by atomic mass is 10.1. The maximum absolute atomic E-state index is 12.8. The van der Waals surface area contributed by atoms with E-state index in [1.54, 1.807) is 35.2 Å². The number of ether oxygens (including phenoxy) is 1. The van der Waals surface area contributed by atoms with Gasteiger partial charge in [0.1, 0.15) is 34.4 Å². The van der Waals surface area contributed by atoms with Crippen LogP contribution in [0.3, 0.4) is 0 Å². The predicted molar refractivity (Wildman–Crippen MR) is 97.2 cm³/mol. The molecule has 8 nitrogen and oxygen atoms in total. The van der Waals surface area contributed by atoms with Gasteiger partial charge in [0, 0.05) is 18.5 Å². The van der Waals surface area contributed by atoms with Gasteiger partial charge in [0.05, 0.1) is 7.11 Å². The molecule has 0 saturated carbocycles. The Morgan fingerprint density at radius 1 is 1.04 bits per heavy atom. The Morgan fingerprint density at radius 2 is 1.77 bits per heavy atom. The van der Waals surface area contributed by atoms with Gasteiger partial charge in [0.2, 0.25) is 0 Å². The van der Waals surface area contributed by atoms with Crippen molar-refractivity contribution in [2.24, 2.45) is 0 Å². The normalized spacial score (nSPS) is 11.4. The van der Waals surface area contributed by atoms with Crippen LogP contribution in [-0.4, -0.2) is 35.0 Å². The van der Waals surface area contributed by atoms with Gasteiger partial charge in [-0.15, -0.1) is 0 Å². The molecule has 3 aromatic rings. The second kappa shape index (κ2) is 6.75. The van der Waals surface area contributed by atoms with Crippen LogP contribution < -0.4 is 9.46 Å². The number of benzene rings is 1. The Kier molecular flexibility index (Phi) is 4.64. The minimum Gasteiger partial charge on any atom is -0.495 e. The molecule has 0 radical (unpaired) electrons. The number of hydrogen-bond donors (Lipinski definition) is 1. The number of hydrogen-bond acceptors (Lipinski definition) is 6. The summed E-state index contributed by atoms with van der Waals surface area (Å²) in [7, 11) is -2.44. The maximum atomic E-state index is 12.8. The average Bonchev–Trinajstić information content (AvgIpc) is 3.02. The molecular weight excluding hydrogens is 354 g/mol. The summed E-state index contributed by atoms with van der Waals surface area (Å²) >= 11 is 0. The molecule has 136 valence electrons. The van der Waals surface area contributed by atoms with Gasteiger partial charge in [0.25, 0.3) is 10.0 Å². The number of nitrogens with zero attached hydrogens (tertiary/aromatic N) is 4. The van der Waals surface area contributed by atoms with Crippen molar-refractivity contribution < 1.29 is 13.2 Å². The average molecular weight is 373 g/mol. The van der Waals surface area contributed by atoms with E-state index in [1.165, 1.54) is 13.4 Å². The molecule has 1 N–H and O–H groups in total. The molecule has 0 atom stereocenters. The van der Waals surface area contributed by atoms with E-state index in [2.05, 4.69) is 19.7 Å². The highest BCUT2D eigenvalue weighted by atomic mass is 32.2. The van der Waals surface area contributed by atoms with E-state index in [-0.39, 0.29) is 16.5 Å². The molecule has 3 rings (SSSR count). The van der Waals surface area contributed by atoms with E-state index in [0.29, 0.717) is 5.82 Å². The number of aryl methyl sites for hydroxylation is 3. The Hall–Kier alpha value is -2.94. The molecule has 0 saturated heterocycles. The predicted octanol–water partition coefficient (Wildman–Crippen LogP) is 2.40. The van der Waals surface area contributed by atoms with E-state index < -0.39 is 10.0 Å². The zero-order valence-corrected chi connectivity index (χ0v) is 15.7. The Balaban J connectivity index is 1.99. The van der Waals surface area contributed by atoms with Gasteiger partial charge in [-0.2, -0.15) is 0 Å². The van der Waals surface area contributed by atoms with Crippen LogP contribution in [0.5, 0.6) is 5.75 Å². The summed E-state index contributed by atoms with van der Waals surface area (Å²) in [5.74, 6) is 1.68. The highest BCUT2D eigenvalue weighted by Gasteiger charge is 2.21. The Bertz CT molecular complexity index is 1060. The highest BCUT2D eigenvalue weighted by molar-refractivity contribution is 7.92. The molecule has 0 fully saturated rings. The van der Waals surface area contributed by atoms with Gasteiger partial charge in [-0.05, 0) is 44.0 Å². The summed E-state index contributed by atoms with van der Waals surface area (Å²) < 4.78 is 35.1. The van der Waals surface area contributed by atoms with Crippen LogP contribution in [0.2, 0.25) is 0 Å². The van der Waals surface area contributed by atoms with Crippen molar-refractivity contribution >= 4 is 15.8 Å². The SMILES string of the molecule is COc1cc(C)c(C)cc1S(=O)(=O)Nc1cc(-n2ccnc2C)ncn1. The molecule has 9 heteroatoms. The van der Waals surface area contributed by atoms with Gasteiger partial charge in [-0.1, -0.05) is 0 Å². The van der Waals surface area contributed by atoms with Gasteiger partial charge in [0.15, 0.2) is 0 Å². The van der Waals surface area contributed by atoms with Crippen LogP contribution in [0.25, 0.3) is 5.82 Å². The largest absolute Gasteiger partial charge is 0.495 e. The zero-order valence-electron chi connectivity index (χ0n) is 14.9. The lowest BCUT2D eigenvalue weighted by molar-refractivity contribution is 0.402.